The van der Waals surface area contributed by atoms with E-state index in [1.54, 1.807) is 24.3 Å². The molecule has 2 aromatic rings. The first kappa shape index (κ1) is 24.9. The molecule has 0 heterocycles. The molecule has 0 bridgehead atoms. The van der Waals surface area contributed by atoms with Crippen LogP contribution < -0.4 is 20.1 Å². The molecule has 1 fully saturated rings. The molecular formula is C23H28ClN3O5S. The van der Waals surface area contributed by atoms with Gasteiger partial charge in [0.2, 0.25) is 5.91 Å². The van der Waals surface area contributed by atoms with Crippen LogP contribution in [-0.4, -0.2) is 39.9 Å². The predicted molar refractivity (Wildman–Crippen MR) is 127 cm³/mol. The molecule has 2 aromatic carbocycles. The number of amides is 2. The Labute approximate surface area is 199 Å². The Morgan fingerprint density at radius 1 is 1.03 bits per heavy atom. The van der Waals surface area contributed by atoms with E-state index in [9.17, 15) is 18.0 Å². The summed E-state index contributed by atoms with van der Waals surface area (Å²) in [6, 6.07) is 10.5. The molecule has 0 aromatic heterocycles. The molecule has 0 radical (unpaired) electrons. The van der Waals surface area contributed by atoms with Gasteiger partial charge in [-0.05, 0) is 62.2 Å². The van der Waals surface area contributed by atoms with E-state index in [-0.39, 0.29) is 33.9 Å². The summed E-state index contributed by atoms with van der Waals surface area (Å²) >= 11 is 6.12. The van der Waals surface area contributed by atoms with Crippen molar-refractivity contribution in [3.63, 3.8) is 0 Å². The largest absolute Gasteiger partial charge is 0.494 e. The third-order valence-corrected chi connectivity index (χ3v) is 7.20. The summed E-state index contributed by atoms with van der Waals surface area (Å²) in [5, 5.41) is 5.51. The van der Waals surface area contributed by atoms with E-state index in [0.29, 0.717) is 24.6 Å². The van der Waals surface area contributed by atoms with Crippen molar-refractivity contribution in [1.82, 2.24) is 10.6 Å². The second kappa shape index (κ2) is 11.4. The summed E-state index contributed by atoms with van der Waals surface area (Å²) in [6.45, 7) is 2.89. The Balaban J connectivity index is 1.60. The Morgan fingerprint density at radius 2 is 1.70 bits per heavy atom. The summed E-state index contributed by atoms with van der Waals surface area (Å²) < 4.78 is 33.5. The zero-order valence-corrected chi connectivity index (χ0v) is 20.0. The highest BCUT2D eigenvalue weighted by Gasteiger charge is 2.23. The highest BCUT2D eigenvalue weighted by Crippen LogP contribution is 2.26. The number of nitrogens with one attached hydrogen (secondary N) is 3. The molecule has 2 amide bonds. The van der Waals surface area contributed by atoms with E-state index < -0.39 is 15.9 Å². The Kier molecular flexibility index (Phi) is 8.57. The minimum absolute atomic E-state index is 0.00573. The fourth-order valence-electron chi connectivity index (χ4n) is 3.64. The van der Waals surface area contributed by atoms with E-state index >= 15 is 0 Å². The SMILES string of the molecule is CCOc1ccc(NS(=O)(=O)c2cc(C(=O)NCCNC(=O)C3CCCC3)ccc2Cl)cc1. The summed E-state index contributed by atoms with van der Waals surface area (Å²) in [7, 11) is -4.03. The number of ether oxygens (including phenoxy) is 1. The normalized spacial score (nSPS) is 14.0. The molecule has 1 saturated carbocycles. The van der Waals surface area contributed by atoms with Gasteiger partial charge in [0.1, 0.15) is 10.6 Å². The lowest BCUT2D eigenvalue weighted by Crippen LogP contribution is -2.37. The number of carbonyl (C=O) groups excluding carboxylic acids is 2. The molecule has 10 heteroatoms. The van der Waals surface area contributed by atoms with Crippen LogP contribution in [0.15, 0.2) is 47.4 Å². The maximum Gasteiger partial charge on any atom is 0.263 e. The number of sulfonamides is 1. The maximum absolute atomic E-state index is 12.9. The Morgan fingerprint density at radius 3 is 2.36 bits per heavy atom. The van der Waals surface area contributed by atoms with Crippen molar-refractivity contribution in [2.45, 2.75) is 37.5 Å². The smallest absolute Gasteiger partial charge is 0.263 e. The molecular weight excluding hydrogens is 466 g/mol. The van der Waals surface area contributed by atoms with E-state index in [0.717, 1.165) is 25.7 Å². The van der Waals surface area contributed by atoms with Gasteiger partial charge in [-0.1, -0.05) is 24.4 Å². The first-order chi connectivity index (χ1) is 15.8. The van der Waals surface area contributed by atoms with Crippen LogP contribution in [0.25, 0.3) is 0 Å². The molecule has 0 unspecified atom stereocenters. The fraction of sp³-hybridized carbons (Fsp3) is 0.391. The highest BCUT2D eigenvalue weighted by atomic mass is 35.5. The van der Waals surface area contributed by atoms with Crippen LogP contribution in [0.4, 0.5) is 5.69 Å². The summed E-state index contributed by atoms with van der Waals surface area (Å²) in [6.07, 6.45) is 3.96. The third-order valence-electron chi connectivity index (χ3n) is 5.34. The van der Waals surface area contributed by atoms with E-state index in [1.807, 2.05) is 6.92 Å². The molecule has 3 rings (SSSR count). The second-order valence-electron chi connectivity index (χ2n) is 7.74. The van der Waals surface area contributed by atoms with Crippen molar-refractivity contribution in [1.29, 1.82) is 0 Å². The lowest BCUT2D eigenvalue weighted by Gasteiger charge is -2.13. The minimum atomic E-state index is -4.03. The van der Waals surface area contributed by atoms with Crippen LogP contribution >= 0.6 is 11.6 Å². The van der Waals surface area contributed by atoms with Crippen molar-refractivity contribution in [2.75, 3.05) is 24.4 Å². The van der Waals surface area contributed by atoms with Gasteiger partial charge < -0.3 is 15.4 Å². The number of carbonyl (C=O) groups is 2. The topological polar surface area (TPSA) is 114 Å². The lowest BCUT2D eigenvalue weighted by molar-refractivity contribution is -0.124. The molecule has 8 nitrogen and oxygen atoms in total. The van der Waals surface area contributed by atoms with Crippen molar-refractivity contribution in [3.8, 4) is 5.75 Å². The Hall–Kier alpha value is -2.78. The van der Waals surface area contributed by atoms with E-state index in [2.05, 4.69) is 15.4 Å². The van der Waals surface area contributed by atoms with Crippen LogP contribution in [0.3, 0.4) is 0 Å². The molecule has 0 aliphatic heterocycles. The van der Waals surface area contributed by atoms with Crippen LogP contribution in [0.2, 0.25) is 5.02 Å². The maximum atomic E-state index is 12.9. The molecule has 0 atom stereocenters. The van der Waals surface area contributed by atoms with Gasteiger partial charge in [0.25, 0.3) is 15.9 Å². The molecule has 0 spiro atoms. The van der Waals surface area contributed by atoms with Crippen LogP contribution in [0.5, 0.6) is 5.75 Å². The van der Waals surface area contributed by atoms with Gasteiger partial charge >= 0.3 is 0 Å². The second-order valence-corrected chi connectivity index (χ2v) is 9.79. The average molecular weight is 494 g/mol. The molecule has 1 aliphatic rings. The quantitative estimate of drug-likeness (QED) is 0.438. The highest BCUT2D eigenvalue weighted by molar-refractivity contribution is 7.92. The first-order valence-electron chi connectivity index (χ1n) is 10.9. The van der Waals surface area contributed by atoms with Crippen molar-refractivity contribution in [3.05, 3.63) is 53.1 Å². The van der Waals surface area contributed by atoms with Crippen molar-refractivity contribution >= 4 is 39.1 Å². The Bertz CT molecular complexity index is 1080. The number of hydrogen-bond donors (Lipinski definition) is 3. The number of benzene rings is 2. The molecule has 178 valence electrons. The van der Waals surface area contributed by atoms with Gasteiger partial charge in [0, 0.05) is 30.3 Å². The van der Waals surface area contributed by atoms with Gasteiger partial charge in [0.15, 0.2) is 0 Å². The van der Waals surface area contributed by atoms with Crippen LogP contribution in [0.1, 0.15) is 43.0 Å². The summed E-state index contributed by atoms with van der Waals surface area (Å²) in [5.41, 5.74) is 0.482. The van der Waals surface area contributed by atoms with E-state index in [1.165, 1.54) is 18.2 Å². The number of rotatable bonds is 10. The molecule has 33 heavy (non-hydrogen) atoms. The number of halogens is 1. The van der Waals surface area contributed by atoms with Gasteiger partial charge in [-0.25, -0.2) is 8.42 Å². The van der Waals surface area contributed by atoms with E-state index in [4.69, 9.17) is 16.3 Å². The van der Waals surface area contributed by atoms with Crippen molar-refractivity contribution < 1.29 is 22.7 Å². The molecule has 3 N–H and O–H groups in total. The number of anilines is 1. The molecule has 0 saturated heterocycles. The van der Waals surface area contributed by atoms with Gasteiger partial charge in [-0.2, -0.15) is 0 Å². The minimum Gasteiger partial charge on any atom is -0.494 e. The fourth-order valence-corrected chi connectivity index (χ4v) is 5.23. The summed E-state index contributed by atoms with van der Waals surface area (Å²) in [4.78, 5) is 24.3. The van der Waals surface area contributed by atoms with Gasteiger partial charge in [0.05, 0.1) is 11.6 Å². The standard InChI is InChI=1S/C23H28ClN3O5S/c1-2-32-19-10-8-18(9-11-19)27-33(30,31)21-15-17(7-12-20(21)24)23(29)26-14-13-25-22(28)16-5-3-4-6-16/h7-12,15-16,27H,2-6,13-14H2,1H3,(H,25,28)(H,26,29). The first-order valence-corrected chi connectivity index (χ1v) is 12.8. The zero-order valence-electron chi connectivity index (χ0n) is 18.4. The van der Waals surface area contributed by atoms with Gasteiger partial charge in [-0.3, -0.25) is 14.3 Å². The third kappa shape index (κ3) is 6.85. The monoisotopic (exact) mass is 493 g/mol. The zero-order chi connectivity index (χ0) is 23.8. The number of hydrogen-bond acceptors (Lipinski definition) is 5. The van der Waals surface area contributed by atoms with Crippen LogP contribution in [-0.2, 0) is 14.8 Å². The summed E-state index contributed by atoms with van der Waals surface area (Å²) in [5.74, 6) is 0.241. The lowest BCUT2D eigenvalue weighted by atomic mass is 10.1. The average Bonchev–Trinajstić information content (AvgIpc) is 3.33. The van der Waals surface area contributed by atoms with Crippen LogP contribution in [0, 0.1) is 5.92 Å². The predicted octanol–water partition coefficient (Wildman–Crippen LogP) is 3.58. The molecule has 1 aliphatic carbocycles. The van der Waals surface area contributed by atoms with Gasteiger partial charge in [-0.15, -0.1) is 0 Å². The van der Waals surface area contributed by atoms with Crippen molar-refractivity contribution in [2.24, 2.45) is 5.92 Å².